The van der Waals surface area contributed by atoms with E-state index in [4.69, 9.17) is 0 Å². The molecule has 1 heterocycles. The van der Waals surface area contributed by atoms with Gasteiger partial charge in [0.05, 0.1) is 5.69 Å². The molecule has 1 aromatic heterocycles. The van der Waals surface area contributed by atoms with E-state index >= 15 is 0 Å². The van der Waals surface area contributed by atoms with Crippen molar-refractivity contribution in [2.75, 3.05) is 0 Å². The number of hydrogen-bond donors (Lipinski definition) is 1. The van der Waals surface area contributed by atoms with Crippen molar-refractivity contribution in [1.82, 2.24) is 9.78 Å². The van der Waals surface area contributed by atoms with E-state index in [1.165, 1.54) is 6.92 Å². The molecule has 4 nitrogen and oxygen atoms in total. The summed E-state index contributed by atoms with van der Waals surface area (Å²) in [5.74, 6) is -8.32. The van der Waals surface area contributed by atoms with E-state index in [0.717, 1.165) is 0 Å². The number of carbonyl (C=O) groups is 1. The minimum absolute atomic E-state index is 0. The van der Waals surface area contributed by atoms with Crippen molar-refractivity contribution in [2.24, 2.45) is 0 Å². The van der Waals surface area contributed by atoms with Crippen LogP contribution in [0.3, 0.4) is 0 Å². The number of benzene rings is 2. The molecule has 0 aliphatic heterocycles. The standard InChI is InChI=1S/C19H14F4N2O2.Cu/c1-8-5-4-6-9(2)13(8)18(26)14-10(3)24-25(19(14)27)17-15(22)11(20)7-12(21)16(17)23;/h4-7,27H,1-3H3;. The molecule has 0 unspecified atom stereocenters. The second kappa shape index (κ2) is 7.77. The second-order valence-corrected chi connectivity index (χ2v) is 6.11. The van der Waals surface area contributed by atoms with Crippen LogP contribution in [-0.2, 0) is 17.1 Å². The summed E-state index contributed by atoms with van der Waals surface area (Å²) in [4.78, 5) is 12.9. The largest absolute Gasteiger partial charge is 0.493 e. The number of hydrogen-bond acceptors (Lipinski definition) is 3. The Labute approximate surface area is 168 Å². The third kappa shape index (κ3) is 3.31. The second-order valence-electron chi connectivity index (χ2n) is 6.11. The molecule has 28 heavy (non-hydrogen) atoms. The molecule has 1 radical (unpaired) electrons. The molecule has 0 fully saturated rings. The van der Waals surface area contributed by atoms with Gasteiger partial charge in [0.2, 0.25) is 11.7 Å². The molecule has 0 saturated carbocycles. The van der Waals surface area contributed by atoms with Crippen LogP contribution in [0.4, 0.5) is 17.6 Å². The van der Waals surface area contributed by atoms with Gasteiger partial charge in [-0.2, -0.15) is 9.78 Å². The molecule has 0 saturated heterocycles. The summed E-state index contributed by atoms with van der Waals surface area (Å²) in [6.07, 6.45) is 0. The fourth-order valence-electron chi connectivity index (χ4n) is 2.98. The van der Waals surface area contributed by atoms with E-state index in [1.807, 2.05) is 0 Å². The minimum atomic E-state index is -1.74. The molecule has 0 aliphatic rings. The number of aryl methyl sites for hydroxylation is 3. The fourth-order valence-corrected chi connectivity index (χ4v) is 2.98. The van der Waals surface area contributed by atoms with E-state index in [2.05, 4.69) is 5.10 Å². The van der Waals surface area contributed by atoms with Crippen molar-refractivity contribution in [3.05, 3.63) is 75.5 Å². The summed E-state index contributed by atoms with van der Waals surface area (Å²) in [5, 5.41) is 14.1. The number of aromatic hydroxyl groups is 1. The predicted octanol–water partition coefficient (Wildman–Crippen LogP) is 4.29. The number of carbonyl (C=O) groups excluding carboxylic acids is 1. The van der Waals surface area contributed by atoms with Crippen LogP contribution in [-0.4, -0.2) is 20.7 Å². The van der Waals surface area contributed by atoms with Gasteiger partial charge in [-0.3, -0.25) is 4.79 Å². The third-order valence-corrected chi connectivity index (χ3v) is 4.27. The van der Waals surface area contributed by atoms with Gasteiger partial charge >= 0.3 is 0 Å². The van der Waals surface area contributed by atoms with Gasteiger partial charge in [0.15, 0.2) is 23.3 Å². The molecule has 2 aromatic carbocycles. The normalized spacial score (nSPS) is 10.7. The molecule has 3 aromatic rings. The summed E-state index contributed by atoms with van der Waals surface area (Å²) in [5.41, 5.74) is -0.0589. The van der Waals surface area contributed by atoms with Gasteiger partial charge in [-0.15, -0.1) is 0 Å². The van der Waals surface area contributed by atoms with Gasteiger partial charge < -0.3 is 5.11 Å². The summed E-state index contributed by atoms with van der Waals surface area (Å²) in [6, 6.07) is 5.18. The van der Waals surface area contributed by atoms with Gasteiger partial charge in [-0.1, -0.05) is 18.2 Å². The van der Waals surface area contributed by atoms with E-state index in [9.17, 15) is 27.5 Å². The van der Waals surface area contributed by atoms with Crippen LogP contribution in [0.15, 0.2) is 24.3 Å². The van der Waals surface area contributed by atoms with E-state index in [-0.39, 0.29) is 39.1 Å². The van der Waals surface area contributed by atoms with Crippen LogP contribution in [0.1, 0.15) is 32.7 Å². The zero-order valence-electron chi connectivity index (χ0n) is 14.9. The Hall–Kier alpha value is -2.64. The summed E-state index contributed by atoms with van der Waals surface area (Å²) < 4.78 is 55.4. The van der Waals surface area contributed by atoms with Gasteiger partial charge in [0.1, 0.15) is 11.3 Å². The number of aromatic nitrogens is 2. The maximum absolute atomic E-state index is 14.1. The average Bonchev–Trinajstić information content (AvgIpc) is 2.87. The van der Waals surface area contributed by atoms with Crippen molar-refractivity contribution < 1.29 is 44.5 Å². The molecule has 1 N–H and O–H groups in total. The quantitative estimate of drug-likeness (QED) is 0.285. The van der Waals surface area contributed by atoms with Crippen LogP contribution in [0.25, 0.3) is 5.69 Å². The van der Waals surface area contributed by atoms with Crippen LogP contribution < -0.4 is 0 Å². The van der Waals surface area contributed by atoms with Crippen molar-refractivity contribution in [3.8, 4) is 11.6 Å². The van der Waals surface area contributed by atoms with E-state index < -0.39 is 40.6 Å². The molecule has 0 bridgehead atoms. The van der Waals surface area contributed by atoms with Crippen molar-refractivity contribution >= 4 is 5.78 Å². The SMILES string of the molecule is Cc1cccc(C)c1C(=O)c1c(C)nn(-c2c(F)c(F)cc(F)c2F)c1O.[Cu]. The fraction of sp³-hybridized carbons (Fsp3) is 0.158. The van der Waals surface area contributed by atoms with Crippen molar-refractivity contribution in [2.45, 2.75) is 20.8 Å². The summed E-state index contributed by atoms with van der Waals surface area (Å²) >= 11 is 0. The van der Waals surface area contributed by atoms with Crippen molar-refractivity contribution in [3.63, 3.8) is 0 Å². The Balaban J connectivity index is 0.00000280. The van der Waals surface area contributed by atoms with Crippen molar-refractivity contribution in [1.29, 1.82) is 0 Å². The molecule has 0 atom stereocenters. The van der Waals surface area contributed by atoms with Gasteiger partial charge in [0.25, 0.3) is 0 Å². The van der Waals surface area contributed by atoms with Crippen LogP contribution in [0.2, 0.25) is 0 Å². The molecular formula is C19H14CuF4N2O2. The van der Waals surface area contributed by atoms with Crippen LogP contribution in [0.5, 0.6) is 5.88 Å². The molecule has 151 valence electrons. The maximum atomic E-state index is 14.1. The molecule has 0 amide bonds. The molecule has 0 spiro atoms. The summed E-state index contributed by atoms with van der Waals surface area (Å²) in [6.45, 7) is 4.72. The molecule has 0 aliphatic carbocycles. The first-order chi connectivity index (χ1) is 12.6. The average molecular weight is 442 g/mol. The predicted molar refractivity (Wildman–Crippen MR) is 89.1 cm³/mol. The maximum Gasteiger partial charge on any atom is 0.226 e. The number of ketones is 1. The van der Waals surface area contributed by atoms with E-state index in [0.29, 0.717) is 16.7 Å². The van der Waals surface area contributed by atoms with Crippen LogP contribution in [0, 0.1) is 44.0 Å². The number of nitrogens with zero attached hydrogens (tertiary/aromatic N) is 2. The van der Waals surface area contributed by atoms with Crippen LogP contribution >= 0.6 is 0 Å². The number of halogens is 4. The Morgan fingerprint density at radius 3 is 1.96 bits per heavy atom. The molecular weight excluding hydrogens is 428 g/mol. The Kier molecular flexibility index (Phi) is 6.01. The Morgan fingerprint density at radius 2 is 1.46 bits per heavy atom. The first-order valence-electron chi connectivity index (χ1n) is 7.88. The smallest absolute Gasteiger partial charge is 0.226 e. The van der Waals surface area contributed by atoms with Gasteiger partial charge in [0, 0.05) is 28.7 Å². The Bertz CT molecular complexity index is 1050. The first kappa shape index (κ1) is 21.7. The van der Waals surface area contributed by atoms with Gasteiger partial charge in [-0.05, 0) is 31.9 Å². The molecule has 3 rings (SSSR count). The zero-order valence-corrected chi connectivity index (χ0v) is 15.8. The Morgan fingerprint density at radius 1 is 0.964 bits per heavy atom. The number of rotatable bonds is 3. The van der Waals surface area contributed by atoms with Gasteiger partial charge in [-0.25, -0.2) is 17.6 Å². The molecule has 9 heteroatoms. The zero-order chi connectivity index (χ0) is 20.0. The third-order valence-electron chi connectivity index (χ3n) is 4.27. The van der Waals surface area contributed by atoms with E-state index in [1.54, 1.807) is 32.0 Å². The summed E-state index contributed by atoms with van der Waals surface area (Å²) in [7, 11) is 0. The first-order valence-corrected chi connectivity index (χ1v) is 7.88. The minimum Gasteiger partial charge on any atom is -0.493 e. The monoisotopic (exact) mass is 441 g/mol. The topological polar surface area (TPSA) is 55.1 Å².